The zero-order valence-electron chi connectivity index (χ0n) is 11.1. The highest BCUT2D eigenvalue weighted by molar-refractivity contribution is 5.91. The van der Waals surface area contributed by atoms with E-state index >= 15 is 0 Å². The van der Waals surface area contributed by atoms with E-state index in [1.165, 1.54) is 45.0 Å². The summed E-state index contributed by atoms with van der Waals surface area (Å²) in [4.78, 5) is 22.4. The molecule has 2 heterocycles. The summed E-state index contributed by atoms with van der Waals surface area (Å²) in [5.74, 6) is -0.110. The number of nitrogens with zero attached hydrogens (tertiary/aromatic N) is 3. The number of hydrogen-bond donors (Lipinski definition) is 1. The highest BCUT2D eigenvalue weighted by atomic mass is 16.1. The molecule has 1 aliphatic heterocycles. The lowest BCUT2D eigenvalue weighted by Gasteiger charge is -2.23. The number of amides is 1. The first kappa shape index (κ1) is 12.5. The van der Waals surface area contributed by atoms with Gasteiger partial charge in [-0.2, -0.15) is 0 Å². The second-order valence-electron chi connectivity index (χ2n) is 5.76. The molecule has 0 unspecified atom stereocenters. The van der Waals surface area contributed by atoms with Gasteiger partial charge in [-0.25, -0.2) is 4.98 Å². The van der Waals surface area contributed by atoms with Gasteiger partial charge in [0.25, 0.3) is 5.91 Å². The number of rotatable bonds is 5. The predicted octanol–water partition coefficient (Wildman–Crippen LogP) is 1.08. The monoisotopic (exact) mass is 260 g/mol. The molecule has 102 valence electrons. The Morgan fingerprint density at radius 2 is 2.11 bits per heavy atom. The first-order chi connectivity index (χ1) is 9.27. The summed E-state index contributed by atoms with van der Waals surface area (Å²) in [7, 11) is 0. The minimum Gasteiger partial charge on any atom is -0.350 e. The van der Waals surface area contributed by atoms with Crippen LogP contribution in [0.2, 0.25) is 0 Å². The lowest BCUT2D eigenvalue weighted by atomic mass is 10.1. The van der Waals surface area contributed by atoms with Crippen LogP contribution >= 0.6 is 0 Å². The van der Waals surface area contributed by atoms with Crippen molar-refractivity contribution in [3.8, 4) is 0 Å². The molecule has 0 atom stereocenters. The Labute approximate surface area is 113 Å². The van der Waals surface area contributed by atoms with Crippen LogP contribution in [0.1, 0.15) is 36.2 Å². The first-order valence-corrected chi connectivity index (χ1v) is 7.04. The zero-order chi connectivity index (χ0) is 13.1. The van der Waals surface area contributed by atoms with Gasteiger partial charge in [0.2, 0.25) is 0 Å². The molecule has 19 heavy (non-hydrogen) atoms. The van der Waals surface area contributed by atoms with Crippen molar-refractivity contribution in [3.63, 3.8) is 0 Å². The van der Waals surface area contributed by atoms with Crippen molar-refractivity contribution in [2.75, 3.05) is 26.2 Å². The summed E-state index contributed by atoms with van der Waals surface area (Å²) in [6, 6.07) is 0. The minimum atomic E-state index is -0.110. The third-order valence-corrected chi connectivity index (χ3v) is 4.13. The second kappa shape index (κ2) is 5.25. The van der Waals surface area contributed by atoms with Crippen molar-refractivity contribution in [2.24, 2.45) is 5.41 Å². The number of carbonyl (C=O) groups is 1. The fraction of sp³-hybridized carbons (Fsp3) is 0.643. The van der Waals surface area contributed by atoms with Crippen molar-refractivity contribution in [2.45, 2.75) is 25.7 Å². The van der Waals surface area contributed by atoms with E-state index in [1.807, 2.05) is 0 Å². The molecule has 5 heteroatoms. The van der Waals surface area contributed by atoms with E-state index < -0.39 is 0 Å². The minimum absolute atomic E-state index is 0.110. The Morgan fingerprint density at radius 1 is 1.32 bits per heavy atom. The van der Waals surface area contributed by atoms with Gasteiger partial charge in [-0.05, 0) is 38.8 Å². The molecule has 1 aliphatic carbocycles. The van der Waals surface area contributed by atoms with Crippen molar-refractivity contribution < 1.29 is 4.79 Å². The normalized spacial score (nSPS) is 21.3. The van der Waals surface area contributed by atoms with E-state index in [-0.39, 0.29) is 5.91 Å². The average Bonchev–Trinajstić information content (AvgIpc) is 3.02. The molecule has 1 N–H and O–H groups in total. The molecule has 3 rings (SSSR count). The van der Waals surface area contributed by atoms with Crippen LogP contribution in [0.15, 0.2) is 18.6 Å². The highest BCUT2D eigenvalue weighted by Gasteiger charge is 2.44. The second-order valence-corrected chi connectivity index (χ2v) is 5.76. The molecule has 1 saturated heterocycles. The van der Waals surface area contributed by atoms with Gasteiger partial charge >= 0.3 is 0 Å². The van der Waals surface area contributed by atoms with Crippen molar-refractivity contribution in [1.82, 2.24) is 20.2 Å². The molecule has 5 nitrogen and oxygen atoms in total. The van der Waals surface area contributed by atoms with Crippen LogP contribution < -0.4 is 5.32 Å². The van der Waals surface area contributed by atoms with Crippen LogP contribution in [-0.4, -0.2) is 47.0 Å². The maximum absolute atomic E-state index is 11.9. The number of hydrogen-bond acceptors (Lipinski definition) is 4. The largest absolute Gasteiger partial charge is 0.350 e. The first-order valence-electron chi connectivity index (χ1n) is 7.04. The van der Waals surface area contributed by atoms with E-state index in [1.54, 1.807) is 12.4 Å². The van der Waals surface area contributed by atoms with Gasteiger partial charge in [-0.3, -0.25) is 9.78 Å². The van der Waals surface area contributed by atoms with Gasteiger partial charge in [0.1, 0.15) is 5.69 Å². The van der Waals surface area contributed by atoms with Gasteiger partial charge in [0, 0.05) is 30.9 Å². The summed E-state index contributed by atoms with van der Waals surface area (Å²) in [6.45, 7) is 4.34. The third kappa shape index (κ3) is 3.10. The topological polar surface area (TPSA) is 58.1 Å². The van der Waals surface area contributed by atoms with Gasteiger partial charge in [-0.15, -0.1) is 0 Å². The van der Waals surface area contributed by atoms with Crippen molar-refractivity contribution in [3.05, 3.63) is 24.3 Å². The standard InChI is InChI=1S/C14H20N4O/c19-13(12-9-15-5-6-16-12)17-10-14(3-4-14)11-18-7-1-2-8-18/h5-6,9H,1-4,7-8,10-11H2,(H,17,19). The summed E-state index contributed by atoms with van der Waals surface area (Å²) >= 11 is 0. The molecule has 0 spiro atoms. The Morgan fingerprint density at radius 3 is 2.74 bits per heavy atom. The quantitative estimate of drug-likeness (QED) is 0.860. The van der Waals surface area contributed by atoms with Crippen LogP contribution in [0.5, 0.6) is 0 Å². The van der Waals surface area contributed by atoms with Gasteiger partial charge in [0.05, 0.1) is 6.20 Å². The molecule has 1 saturated carbocycles. The molecule has 2 fully saturated rings. The third-order valence-electron chi connectivity index (χ3n) is 4.13. The predicted molar refractivity (Wildman–Crippen MR) is 71.7 cm³/mol. The molecule has 1 aromatic heterocycles. The maximum atomic E-state index is 11.9. The molecular formula is C14H20N4O. The van der Waals surface area contributed by atoms with E-state index in [0.717, 1.165) is 13.1 Å². The molecule has 2 aliphatic rings. The lowest BCUT2D eigenvalue weighted by molar-refractivity contribution is 0.0934. The summed E-state index contributed by atoms with van der Waals surface area (Å²) < 4.78 is 0. The average molecular weight is 260 g/mol. The Kier molecular flexibility index (Phi) is 3.46. The molecule has 1 amide bonds. The smallest absolute Gasteiger partial charge is 0.271 e. The van der Waals surface area contributed by atoms with E-state index in [4.69, 9.17) is 0 Å². The fourth-order valence-corrected chi connectivity index (χ4v) is 2.76. The maximum Gasteiger partial charge on any atom is 0.271 e. The molecule has 1 aromatic rings. The van der Waals surface area contributed by atoms with Gasteiger partial charge < -0.3 is 10.2 Å². The van der Waals surface area contributed by atoms with Crippen LogP contribution in [0.3, 0.4) is 0 Å². The number of aromatic nitrogens is 2. The molecular weight excluding hydrogens is 240 g/mol. The van der Waals surface area contributed by atoms with E-state index in [0.29, 0.717) is 11.1 Å². The van der Waals surface area contributed by atoms with Gasteiger partial charge in [0.15, 0.2) is 0 Å². The summed E-state index contributed by atoms with van der Waals surface area (Å²) in [5, 5.41) is 3.01. The van der Waals surface area contributed by atoms with Gasteiger partial charge in [-0.1, -0.05) is 0 Å². The van der Waals surface area contributed by atoms with E-state index in [9.17, 15) is 4.79 Å². The van der Waals surface area contributed by atoms with Crippen LogP contribution in [0.4, 0.5) is 0 Å². The Balaban J connectivity index is 1.50. The van der Waals surface area contributed by atoms with Crippen LogP contribution in [-0.2, 0) is 0 Å². The lowest BCUT2D eigenvalue weighted by Crippen LogP contribution is -2.37. The van der Waals surface area contributed by atoms with Crippen molar-refractivity contribution >= 4 is 5.91 Å². The summed E-state index contributed by atoms with van der Waals surface area (Å²) in [5.41, 5.74) is 0.724. The van der Waals surface area contributed by atoms with E-state index in [2.05, 4.69) is 20.2 Å². The number of nitrogens with one attached hydrogen (secondary N) is 1. The Hall–Kier alpha value is -1.49. The fourth-order valence-electron chi connectivity index (χ4n) is 2.76. The molecule has 0 bridgehead atoms. The van der Waals surface area contributed by atoms with Crippen molar-refractivity contribution in [1.29, 1.82) is 0 Å². The number of likely N-dealkylation sites (tertiary alicyclic amines) is 1. The Bertz CT molecular complexity index is 438. The SMILES string of the molecule is O=C(NCC1(CN2CCCC2)CC1)c1cnccn1. The van der Waals surface area contributed by atoms with Crippen LogP contribution in [0.25, 0.3) is 0 Å². The highest BCUT2D eigenvalue weighted by Crippen LogP contribution is 2.46. The zero-order valence-corrected chi connectivity index (χ0v) is 11.1. The number of carbonyl (C=O) groups excluding carboxylic acids is 1. The van der Waals surface area contributed by atoms with Crippen LogP contribution in [0, 0.1) is 5.41 Å². The molecule has 0 aromatic carbocycles. The summed E-state index contributed by atoms with van der Waals surface area (Å²) in [6.07, 6.45) is 9.73. The molecule has 0 radical (unpaired) electrons.